The lowest BCUT2D eigenvalue weighted by Gasteiger charge is -2.27. The van der Waals surface area contributed by atoms with E-state index in [0.29, 0.717) is 17.9 Å². The van der Waals surface area contributed by atoms with Crippen LogP contribution < -0.4 is 15.9 Å². The number of rotatable bonds is 6. The zero-order chi connectivity index (χ0) is 18.4. The van der Waals surface area contributed by atoms with Crippen LogP contribution in [0.3, 0.4) is 0 Å². The Morgan fingerprint density at radius 3 is 2.68 bits per heavy atom. The molecule has 0 bridgehead atoms. The van der Waals surface area contributed by atoms with Crippen molar-refractivity contribution in [2.45, 2.75) is 20.3 Å². The summed E-state index contributed by atoms with van der Waals surface area (Å²) in [5, 5.41) is 10.6. The number of nitrogens with one attached hydrogen (secondary N) is 1. The SMILES string of the molecule is Bc1cnc(C#N)nc1N(CC(C)C)NC(=O)Cc1ccc(F)cc1. The van der Waals surface area contributed by atoms with E-state index in [4.69, 9.17) is 5.26 Å². The molecule has 1 N–H and O–H groups in total. The zero-order valence-corrected chi connectivity index (χ0v) is 14.5. The lowest BCUT2D eigenvalue weighted by molar-refractivity contribution is -0.120. The monoisotopic (exact) mass is 339 g/mol. The molecular weight excluding hydrogens is 320 g/mol. The van der Waals surface area contributed by atoms with Crippen molar-refractivity contribution in [3.05, 3.63) is 47.7 Å². The summed E-state index contributed by atoms with van der Waals surface area (Å²) in [6.07, 6.45) is 1.67. The Labute approximate surface area is 147 Å². The van der Waals surface area contributed by atoms with Gasteiger partial charge < -0.3 is 0 Å². The zero-order valence-electron chi connectivity index (χ0n) is 14.5. The first-order valence-electron chi connectivity index (χ1n) is 7.94. The highest BCUT2D eigenvalue weighted by atomic mass is 19.1. The third kappa shape index (κ3) is 5.28. The molecule has 1 heterocycles. The molecular formula is C17H19BFN5O. The third-order valence-electron chi connectivity index (χ3n) is 3.39. The van der Waals surface area contributed by atoms with Gasteiger partial charge in [-0.3, -0.25) is 15.2 Å². The van der Waals surface area contributed by atoms with Gasteiger partial charge in [0.1, 0.15) is 25.6 Å². The minimum absolute atomic E-state index is 0.0436. The molecule has 8 heteroatoms. The summed E-state index contributed by atoms with van der Waals surface area (Å²) in [6, 6.07) is 7.70. The lowest BCUT2D eigenvalue weighted by atomic mass is 9.98. The highest BCUT2D eigenvalue weighted by Crippen LogP contribution is 2.09. The number of aromatic nitrogens is 2. The maximum absolute atomic E-state index is 13.0. The van der Waals surface area contributed by atoms with Gasteiger partial charge in [-0.15, -0.1) is 0 Å². The number of carbonyl (C=O) groups excluding carboxylic acids is 1. The highest BCUT2D eigenvalue weighted by Gasteiger charge is 2.17. The molecule has 1 aromatic heterocycles. The van der Waals surface area contributed by atoms with E-state index in [0.717, 1.165) is 5.46 Å². The Morgan fingerprint density at radius 1 is 1.40 bits per heavy atom. The molecule has 0 fully saturated rings. The fourth-order valence-corrected chi connectivity index (χ4v) is 2.29. The second-order valence-corrected chi connectivity index (χ2v) is 6.15. The van der Waals surface area contributed by atoms with Crippen LogP contribution in [0.5, 0.6) is 0 Å². The number of benzene rings is 1. The van der Waals surface area contributed by atoms with E-state index < -0.39 is 0 Å². The average molecular weight is 339 g/mol. The Bertz CT molecular complexity index is 789. The van der Waals surface area contributed by atoms with Gasteiger partial charge in [-0.25, -0.2) is 14.4 Å². The maximum Gasteiger partial charge on any atom is 0.242 e. The number of hydrogen-bond acceptors (Lipinski definition) is 5. The van der Waals surface area contributed by atoms with E-state index in [-0.39, 0.29) is 29.9 Å². The summed E-state index contributed by atoms with van der Waals surface area (Å²) in [7, 11) is 1.82. The second-order valence-electron chi connectivity index (χ2n) is 6.15. The van der Waals surface area contributed by atoms with Crippen LogP contribution in [0.1, 0.15) is 25.2 Å². The van der Waals surface area contributed by atoms with Gasteiger partial charge >= 0.3 is 0 Å². The lowest BCUT2D eigenvalue weighted by Crippen LogP contribution is -2.47. The molecule has 0 atom stereocenters. The molecule has 2 rings (SSSR count). The van der Waals surface area contributed by atoms with Gasteiger partial charge in [0.05, 0.1) is 6.42 Å². The Kier molecular flexibility index (Phi) is 6.06. The fraction of sp³-hybridized carbons (Fsp3) is 0.294. The fourth-order valence-electron chi connectivity index (χ4n) is 2.29. The number of amides is 1. The Hall–Kier alpha value is -2.95. The van der Waals surface area contributed by atoms with Crippen molar-refractivity contribution >= 4 is 25.0 Å². The Balaban J connectivity index is 2.19. The summed E-state index contributed by atoms with van der Waals surface area (Å²) in [5.41, 5.74) is 4.28. The predicted molar refractivity (Wildman–Crippen MR) is 95.4 cm³/mol. The van der Waals surface area contributed by atoms with Gasteiger partial charge in [-0.2, -0.15) is 5.26 Å². The number of hydrazine groups is 1. The van der Waals surface area contributed by atoms with Crippen LogP contribution in [0.4, 0.5) is 10.2 Å². The second kappa shape index (κ2) is 8.24. The minimum Gasteiger partial charge on any atom is -0.273 e. The summed E-state index contributed by atoms with van der Waals surface area (Å²) in [5.74, 6) is 0.205. The van der Waals surface area contributed by atoms with Crippen LogP contribution in [0, 0.1) is 23.1 Å². The summed E-state index contributed by atoms with van der Waals surface area (Å²) in [6.45, 7) is 4.56. The summed E-state index contributed by atoms with van der Waals surface area (Å²) in [4.78, 5) is 20.5. The molecule has 0 aliphatic carbocycles. The van der Waals surface area contributed by atoms with Crippen molar-refractivity contribution in [1.82, 2.24) is 15.4 Å². The van der Waals surface area contributed by atoms with Crippen molar-refractivity contribution in [2.75, 3.05) is 11.6 Å². The van der Waals surface area contributed by atoms with Gasteiger partial charge in [0, 0.05) is 12.7 Å². The largest absolute Gasteiger partial charge is 0.273 e. The normalized spacial score (nSPS) is 10.4. The first kappa shape index (κ1) is 18.4. The topological polar surface area (TPSA) is 81.9 Å². The number of nitrogens with zero attached hydrogens (tertiary/aromatic N) is 4. The molecule has 1 amide bonds. The number of nitriles is 1. The third-order valence-corrected chi connectivity index (χ3v) is 3.39. The minimum atomic E-state index is -0.341. The van der Waals surface area contributed by atoms with E-state index >= 15 is 0 Å². The molecule has 0 radical (unpaired) electrons. The van der Waals surface area contributed by atoms with E-state index in [2.05, 4.69) is 15.4 Å². The summed E-state index contributed by atoms with van der Waals surface area (Å²) >= 11 is 0. The average Bonchev–Trinajstić information content (AvgIpc) is 2.56. The Morgan fingerprint density at radius 2 is 2.08 bits per heavy atom. The highest BCUT2D eigenvalue weighted by molar-refractivity contribution is 6.35. The number of hydrogen-bond donors (Lipinski definition) is 1. The van der Waals surface area contributed by atoms with E-state index in [1.807, 2.05) is 27.8 Å². The van der Waals surface area contributed by atoms with Crippen LogP contribution in [0.15, 0.2) is 30.5 Å². The smallest absolute Gasteiger partial charge is 0.242 e. The van der Waals surface area contributed by atoms with E-state index in [9.17, 15) is 9.18 Å². The molecule has 0 unspecified atom stereocenters. The van der Waals surface area contributed by atoms with Gasteiger partial charge in [0.25, 0.3) is 0 Å². The van der Waals surface area contributed by atoms with Crippen molar-refractivity contribution in [1.29, 1.82) is 5.26 Å². The van der Waals surface area contributed by atoms with Crippen molar-refractivity contribution in [2.24, 2.45) is 5.92 Å². The van der Waals surface area contributed by atoms with Crippen molar-refractivity contribution in [3.63, 3.8) is 0 Å². The van der Waals surface area contributed by atoms with Crippen molar-refractivity contribution in [3.8, 4) is 6.07 Å². The first-order chi connectivity index (χ1) is 11.9. The van der Waals surface area contributed by atoms with Crippen LogP contribution in [-0.2, 0) is 11.2 Å². The van der Waals surface area contributed by atoms with Crippen LogP contribution in [0.25, 0.3) is 0 Å². The van der Waals surface area contributed by atoms with Gasteiger partial charge in [0.2, 0.25) is 11.7 Å². The molecule has 6 nitrogen and oxygen atoms in total. The molecule has 0 spiro atoms. The van der Waals surface area contributed by atoms with E-state index in [1.54, 1.807) is 23.3 Å². The van der Waals surface area contributed by atoms with Crippen molar-refractivity contribution < 1.29 is 9.18 Å². The van der Waals surface area contributed by atoms with Gasteiger partial charge in [-0.1, -0.05) is 26.0 Å². The number of halogens is 1. The molecule has 25 heavy (non-hydrogen) atoms. The van der Waals surface area contributed by atoms with Gasteiger partial charge in [0.15, 0.2) is 0 Å². The first-order valence-corrected chi connectivity index (χ1v) is 7.94. The maximum atomic E-state index is 13.0. The number of anilines is 1. The molecule has 0 aliphatic heterocycles. The molecule has 0 aliphatic rings. The van der Waals surface area contributed by atoms with Crippen LogP contribution in [-0.4, -0.2) is 30.3 Å². The van der Waals surface area contributed by atoms with Crippen LogP contribution >= 0.6 is 0 Å². The molecule has 1 aromatic carbocycles. The standard InChI is InChI=1S/C17H19BFN5O/c1-11(2)10-24(17-14(18)9-21-15(8-20)22-17)23-16(25)7-12-3-5-13(19)6-4-12/h3-6,9,11H,7,10,18H2,1-2H3,(H,23,25). The van der Waals surface area contributed by atoms with Crippen LogP contribution in [0.2, 0.25) is 0 Å². The molecule has 0 saturated carbocycles. The van der Waals surface area contributed by atoms with Gasteiger partial charge in [-0.05, 0) is 29.1 Å². The molecule has 128 valence electrons. The van der Waals surface area contributed by atoms with E-state index in [1.165, 1.54) is 12.1 Å². The summed E-state index contributed by atoms with van der Waals surface area (Å²) < 4.78 is 13.0. The molecule has 0 saturated heterocycles. The predicted octanol–water partition coefficient (Wildman–Crippen LogP) is 0.482. The quantitative estimate of drug-likeness (QED) is 0.612. The molecule has 2 aromatic rings. The number of carbonyl (C=O) groups is 1.